The van der Waals surface area contributed by atoms with Gasteiger partial charge in [0.25, 0.3) is 5.91 Å². The van der Waals surface area contributed by atoms with Crippen LogP contribution in [0.2, 0.25) is 0 Å². The molecule has 1 unspecified atom stereocenters. The molecule has 0 spiro atoms. The van der Waals surface area contributed by atoms with Crippen LogP contribution in [0, 0.1) is 0 Å². The number of β-lactam (4-membered cyclic amide) rings is 1. The molecule has 1 fully saturated rings. The number of halogens is 3. The van der Waals surface area contributed by atoms with Gasteiger partial charge < -0.3 is 25.1 Å². The Morgan fingerprint density at radius 3 is 2.49 bits per heavy atom. The summed E-state index contributed by atoms with van der Waals surface area (Å²) >= 11 is 2.51. The largest absolute Gasteiger partial charge is 1.00 e. The van der Waals surface area contributed by atoms with Crippen molar-refractivity contribution in [3.05, 3.63) is 11.3 Å². The molecule has 0 radical (unpaired) electrons. The number of rotatable bonds is 10. The zero-order chi connectivity index (χ0) is 24.3. The molecule has 1 saturated heterocycles. The summed E-state index contributed by atoms with van der Waals surface area (Å²) in [5.74, 6) is -5.66. The molecule has 2 atom stereocenters. The molecule has 3 heterocycles. The maximum Gasteiger partial charge on any atom is 1.00 e. The summed E-state index contributed by atoms with van der Waals surface area (Å²) < 4.78 is 36.7. The standard InChI is InChI=1S/C15H14F3N5O6S4.2Na/c16-15(17,18)33-3-6(24)19-8-10(27)23-9(12(28)29)5(1-30-11(8)23)2-31-13-20-14(22-21-13)32-4-7(25)26;;/h8,11H,1-4H2,(H,19,24)(H,25,26)(H,28,29)(H,20,21,22);;/q;2*+1/p-2/t8?,11-;;/m0../s1. The Hall–Kier alpha value is -0.0500. The van der Waals surface area contributed by atoms with E-state index in [-0.39, 0.29) is 92.4 Å². The molecule has 0 saturated carbocycles. The molecule has 2 aliphatic heterocycles. The minimum absolute atomic E-state index is 0. The van der Waals surface area contributed by atoms with Crippen LogP contribution in [-0.4, -0.2) is 83.8 Å². The van der Waals surface area contributed by atoms with Crippen LogP contribution in [0.1, 0.15) is 0 Å². The maximum atomic E-state index is 12.5. The first-order valence-electron chi connectivity index (χ1n) is 8.72. The van der Waals surface area contributed by atoms with Gasteiger partial charge in [-0.3, -0.25) is 19.6 Å². The van der Waals surface area contributed by atoms with Crippen molar-refractivity contribution in [2.24, 2.45) is 0 Å². The topological polar surface area (TPSA) is 171 Å². The van der Waals surface area contributed by atoms with E-state index < -0.39 is 58.2 Å². The minimum atomic E-state index is -4.60. The summed E-state index contributed by atoms with van der Waals surface area (Å²) in [4.78, 5) is 51.4. The van der Waals surface area contributed by atoms with Gasteiger partial charge >= 0.3 is 64.6 Å². The van der Waals surface area contributed by atoms with Gasteiger partial charge in [0.15, 0.2) is 5.16 Å². The van der Waals surface area contributed by atoms with Gasteiger partial charge in [-0.2, -0.15) is 18.2 Å². The van der Waals surface area contributed by atoms with Crippen LogP contribution in [0.25, 0.3) is 0 Å². The van der Waals surface area contributed by atoms with E-state index in [0.717, 1.165) is 40.2 Å². The molecule has 11 nitrogen and oxygen atoms in total. The number of nitrogens with one attached hydrogen (secondary N) is 2. The number of fused-ring (bicyclic) bond motifs is 1. The van der Waals surface area contributed by atoms with Gasteiger partial charge in [-0.25, -0.2) is 0 Å². The molecule has 3 rings (SSSR count). The molecular weight excluding hydrogens is 577 g/mol. The number of hydrogen-bond donors (Lipinski definition) is 2. The second kappa shape index (κ2) is 14.2. The van der Waals surface area contributed by atoms with Crippen LogP contribution in [-0.2, 0) is 19.2 Å². The van der Waals surface area contributed by atoms with Gasteiger partial charge in [0, 0.05) is 17.3 Å². The van der Waals surface area contributed by atoms with E-state index in [2.05, 4.69) is 20.5 Å². The number of H-pyrrole nitrogens is 1. The van der Waals surface area contributed by atoms with Gasteiger partial charge in [-0.1, -0.05) is 23.5 Å². The maximum absolute atomic E-state index is 12.5. The van der Waals surface area contributed by atoms with Crippen molar-refractivity contribution in [3.63, 3.8) is 0 Å². The van der Waals surface area contributed by atoms with E-state index >= 15 is 0 Å². The number of carboxylic acids is 2. The fourth-order valence-corrected chi connectivity index (χ4v) is 6.02. The first-order chi connectivity index (χ1) is 15.5. The summed E-state index contributed by atoms with van der Waals surface area (Å²) in [6.45, 7) is 0. The fourth-order valence-electron chi connectivity index (χ4n) is 2.79. The Balaban J connectivity index is 0.00000306. The zero-order valence-corrected chi connectivity index (χ0v) is 25.3. The Morgan fingerprint density at radius 2 is 1.89 bits per heavy atom. The third-order valence-electron chi connectivity index (χ3n) is 4.07. The second-order valence-corrected chi connectivity index (χ2v) is 10.4. The smallest absolute Gasteiger partial charge is 0.549 e. The predicted molar refractivity (Wildman–Crippen MR) is 108 cm³/mol. The van der Waals surface area contributed by atoms with Gasteiger partial charge in [0.05, 0.1) is 23.4 Å². The van der Waals surface area contributed by atoms with Gasteiger partial charge in [0.2, 0.25) is 11.1 Å². The number of carbonyl (C=O) groups excluding carboxylic acids is 4. The van der Waals surface area contributed by atoms with Crippen LogP contribution < -0.4 is 74.6 Å². The summed E-state index contributed by atoms with van der Waals surface area (Å²) in [5, 5.41) is 30.4. The molecule has 0 aromatic carbocycles. The van der Waals surface area contributed by atoms with Crippen molar-refractivity contribution in [2.75, 3.05) is 23.0 Å². The number of hydrogen-bond acceptors (Lipinski definition) is 12. The summed E-state index contributed by atoms with van der Waals surface area (Å²) in [6, 6.07) is -1.14. The van der Waals surface area contributed by atoms with E-state index in [1.54, 1.807) is 0 Å². The monoisotopic (exact) mass is 589 g/mol. The van der Waals surface area contributed by atoms with Crippen molar-refractivity contribution in [3.8, 4) is 0 Å². The van der Waals surface area contributed by atoms with Gasteiger partial charge in [-0.05, 0) is 17.3 Å². The molecule has 2 aliphatic rings. The third-order valence-corrected chi connectivity index (χ3v) is 7.91. The van der Waals surface area contributed by atoms with Crippen molar-refractivity contribution in [1.29, 1.82) is 0 Å². The molecule has 1 aromatic heterocycles. The molecule has 0 bridgehead atoms. The van der Waals surface area contributed by atoms with Crippen LogP contribution in [0.4, 0.5) is 13.2 Å². The number of aliphatic carboxylic acids is 2. The van der Waals surface area contributed by atoms with Gasteiger partial charge in [-0.15, -0.1) is 16.9 Å². The van der Waals surface area contributed by atoms with Crippen molar-refractivity contribution in [2.45, 2.75) is 27.2 Å². The van der Waals surface area contributed by atoms with E-state index in [0.29, 0.717) is 5.57 Å². The summed E-state index contributed by atoms with van der Waals surface area (Å²) in [5.41, 5.74) is -4.62. The molecule has 2 amide bonds. The molecule has 180 valence electrons. The Bertz CT molecular complexity index is 1010. The molecular formula is C15H12F3N5Na2O6S4. The Morgan fingerprint density at radius 1 is 1.20 bits per heavy atom. The van der Waals surface area contributed by atoms with Crippen LogP contribution in [0.3, 0.4) is 0 Å². The van der Waals surface area contributed by atoms with E-state index in [4.69, 9.17) is 0 Å². The quantitative estimate of drug-likeness (QED) is 0.150. The molecule has 35 heavy (non-hydrogen) atoms. The molecule has 0 aliphatic carbocycles. The normalized spacial score (nSPS) is 19.2. The second-order valence-electron chi connectivity index (χ2n) is 6.30. The number of aromatic amines is 1. The van der Waals surface area contributed by atoms with Crippen LogP contribution in [0.5, 0.6) is 0 Å². The first-order valence-corrected chi connectivity index (χ1v) is 12.7. The number of carboxylic acid groups (broad SMARTS) is 2. The SMILES string of the molecule is O=C([O-])CSc1n[nH]c(SCC2=C(C(=O)[O-])N3C(=O)C(NC(=O)CSC(F)(F)F)[C@@H]3SC2)n1.[Na+].[Na+]. The zero-order valence-electron chi connectivity index (χ0n) is 18.0. The number of alkyl halides is 3. The van der Waals surface area contributed by atoms with Crippen molar-refractivity contribution in [1.82, 2.24) is 25.4 Å². The number of aromatic nitrogens is 3. The fraction of sp³-hybridized carbons (Fsp3) is 0.467. The summed E-state index contributed by atoms with van der Waals surface area (Å²) in [6.07, 6.45) is 0. The van der Waals surface area contributed by atoms with Gasteiger partial charge in [0.1, 0.15) is 11.4 Å². The van der Waals surface area contributed by atoms with Crippen molar-refractivity contribution < 1.29 is 102 Å². The number of nitrogens with zero attached hydrogens (tertiary/aromatic N) is 3. The van der Waals surface area contributed by atoms with E-state index in [9.17, 15) is 42.6 Å². The molecule has 1 aromatic rings. The number of thioether (sulfide) groups is 4. The minimum Gasteiger partial charge on any atom is -0.549 e. The average Bonchev–Trinajstić information content (AvgIpc) is 3.19. The average molecular weight is 590 g/mol. The van der Waals surface area contributed by atoms with E-state index in [1.807, 2.05) is 0 Å². The predicted octanol–water partition coefficient (Wildman–Crippen LogP) is -7.60. The summed E-state index contributed by atoms with van der Waals surface area (Å²) in [7, 11) is 0. The van der Waals surface area contributed by atoms with E-state index in [1.165, 1.54) is 0 Å². The number of amides is 2. The number of carbonyl (C=O) groups is 4. The first kappa shape index (κ1) is 33.0. The van der Waals surface area contributed by atoms with Crippen molar-refractivity contribution >= 4 is 70.8 Å². The van der Waals surface area contributed by atoms with Crippen LogP contribution in [0.15, 0.2) is 21.6 Å². The Kier molecular flexibility index (Phi) is 13.4. The molecule has 2 N–H and O–H groups in total. The third kappa shape index (κ3) is 9.03. The van der Waals surface area contributed by atoms with Crippen LogP contribution >= 0.6 is 47.0 Å². The molecule has 20 heteroatoms. The Labute approximate surface area is 256 Å².